The van der Waals surface area contributed by atoms with Gasteiger partial charge in [0.15, 0.2) is 11.5 Å². The fourth-order valence-electron chi connectivity index (χ4n) is 4.15. The molecule has 0 radical (unpaired) electrons. The lowest BCUT2D eigenvalue weighted by Gasteiger charge is -2.30. The number of ether oxygens (including phenoxy) is 2. The van der Waals surface area contributed by atoms with Crippen LogP contribution in [0.5, 0.6) is 11.5 Å². The van der Waals surface area contributed by atoms with Crippen molar-refractivity contribution in [2.75, 3.05) is 24.7 Å². The highest BCUT2D eigenvalue weighted by molar-refractivity contribution is 8.04. The van der Waals surface area contributed by atoms with Crippen molar-refractivity contribution in [1.82, 2.24) is 5.32 Å². The molecule has 0 saturated heterocycles. The van der Waals surface area contributed by atoms with Crippen LogP contribution in [-0.2, 0) is 9.59 Å². The molecule has 1 N–H and O–H groups in total. The lowest BCUT2D eigenvalue weighted by molar-refractivity contribution is -0.122. The molecule has 0 aliphatic carbocycles. The Labute approximate surface area is 208 Å². The van der Waals surface area contributed by atoms with E-state index in [1.807, 2.05) is 86.7 Å². The van der Waals surface area contributed by atoms with Gasteiger partial charge in [-0.15, -0.1) is 0 Å². The van der Waals surface area contributed by atoms with Crippen LogP contribution < -0.4 is 19.7 Å². The summed E-state index contributed by atoms with van der Waals surface area (Å²) in [5.41, 5.74) is 3.72. The van der Waals surface area contributed by atoms with Crippen LogP contribution in [0.2, 0.25) is 0 Å². The molecule has 2 aliphatic heterocycles. The van der Waals surface area contributed by atoms with E-state index in [4.69, 9.17) is 9.47 Å². The Morgan fingerprint density at radius 1 is 1.06 bits per heavy atom. The zero-order valence-corrected chi connectivity index (χ0v) is 20.4. The number of carbonyl (C=O) groups excluding carboxylic acids is 2. The highest BCUT2D eigenvalue weighted by Gasteiger charge is 2.31. The molecule has 0 fully saturated rings. The minimum Gasteiger partial charge on any atom is -0.486 e. The second kappa shape index (κ2) is 9.88. The molecule has 1 unspecified atom stereocenters. The lowest BCUT2D eigenvalue weighted by Crippen LogP contribution is -2.43. The average Bonchev–Trinajstić information content (AvgIpc) is 2.87. The normalized spacial score (nSPS) is 16.6. The van der Waals surface area contributed by atoms with Crippen molar-refractivity contribution in [2.45, 2.75) is 24.8 Å². The summed E-state index contributed by atoms with van der Waals surface area (Å²) in [5, 5.41) is 3.02. The van der Waals surface area contributed by atoms with E-state index in [1.165, 1.54) is 11.8 Å². The molecular weight excluding hydrogens is 460 g/mol. The molecule has 1 atom stereocenters. The number of amides is 2. The molecule has 2 amide bonds. The Kier molecular flexibility index (Phi) is 6.51. The van der Waals surface area contributed by atoms with Crippen molar-refractivity contribution >= 4 is 35.3 Å². The van der Waals surface area contributed by atoms with Crippen molar-refractivity contribution in [3.63, 3.8) is 0 Å². The van der Waals surface area contributed by atoms with Crippen LogP contribution in [0.4, 0.5) is 5.69 Å². The molecular formula is C28H26N2O4S. The molecule has 5 rings (SSSR count). The van der Waals surface area contributed by atoms with Gasteiger partial charge in [-0.1, -0.05) is 54.2 Å². The summed E-state index contributed by atoms with van der Waals surface area (Å²) in [7, 11) is 0. The monoisotopic (exact) mass is 486 g/mol. The summed E-state index contributed by atoms with van der Waals surface area (Å²) in [6.45, 7) is 4.89. The third kappa shape index (κ3) is 4.91. The number of nitrogens with zero attached hydrogens (tertiary/aromatic N) is 1. The van der Waals surface area contributed by atoms with Crippen LogP contribution in [0.3, 0.4) is 0 Å². The molecule has 2 heterocycles. The van der Waals surface area contributed by atoms with Gasteiger partial charge >= 0.3 is 0 Å². The van der Waals surface area contributed by atoms with E-state index in [0.717, 1.165) is 27.3 Å². The van der Waals surface area contributed by atoms with Crippen LogP contribution in [0.1, 0.15) is 29.7 Å². The topological polar surface area (TPSA) is 67.9 Å². The van der Waals surface area contributed by atoms with Gasteiger partial charge in [-0.2, -0.15) is 0 Å². The summed E-state index contributed by atoms with van der Waals surface area (Å²) < 4.78 is 11.2. The van der Waals surface area contributed by atoms with Gasteiger partial charge in [0.1, 0.15) is 19.8 Å². The quantitative estimate of drug-likeness (QED) is 0.507. The number of thioether (sulfide) groups is 1. The number of anilines is 1. The fourth-order valence-corrected chi connectivity index (χ4v) is 5.20. The molecule has 0 spiro atoms. The second-order valence-corrected chi connectivity index (χ2v) is 9.60. The predicted octanol–water partition coefficient (Wildman–Crippen LogP) is 5.12. The summed E-state index contributed by atoms with van der Waals surface area (Å²) in [4.78, 5) is 29.6. The van der Waals surface area contributed by atoms with Crippen LogP contribution in [0, 0.1) is 6.92 Å². The Morgan fingerprint density at radius 2 is 1.80 bits per heavy atom. The molecule has 0 saturated carbocycles. The maximum atomic E-state index is 13.5. The van der Waals surface area contributed by atoms with Crippen molar-refractivity contribution in [1.29, 1.82) is 0 Å². The van der Waals surface area contributed by atoms with Gasteiger partial charge in [0.2, 0.25) is 5.91 Å². The summed E-state index contributed by atoms with van der Waals surface area (Å²) >= 11 is 1.44. The van der Waals surface area contributed by atoms with Gasteiger partial charge in [-0.25, -0.2) is 0 Å². The van der Waals surface area contributed by atoms with Gasteiger partial charge in [-0.3, -0.25) is 14.5 Å². The highest BCUT2D eigenvalue weighted by atomic mass is 32.2. The molecule has 0 bridgehead atoms. The first-order valence-electron chi connectivity index (χ1n) is 11.5. The minimum atomic E-state index is -0.259. The fraction of sp³-hybridized carbons (Fsp3) is 0.214. The van der Waals surface area contributed by atoms with Crippen LogP contribution in [0.25, 0.3) is 6.08 Å². The van der Waals surface area contributed by atoms with E-state index < -0.39 is 0 Å². The first-order valence-corrected chi connectivity index (χ1v) is 12.4. The maximum Gasteiger partial charge on any atom is 0.265 e. The van der Waals surface area contributed by atoms with E-state index >= 15 is 0 Å². The number of benzene rings is 3. The predicted molar refractivity (Wildman–Crippen MR) is 138 cm³/mol. The first-order chi connectivity index (χ1) is 17.0. The standard InChI is InChI=1S/C28H26N2O4S/c1-18-7-3-4-8-20(18)16-26-28(32)30(22-9-5-6-10-25(22)35-26)17-27(31)29-19(2)21-11-12-23-24(15-21)34-14-13-33-23/h3-12,15-16,19H,13-14,17H2,1-2H3,(H,29,31)/b26-16-. The second-order valence-electron chi connectivity index (χ2n) is 8.52. The van der Waals surface area contributed by atoms with Crippen molar-refractivity contribution in [2.24, 2.45) is 0 Å². The summed E-state index contributed by atoms with van der Waals surface area (Å²) in [5.74, 6) is 0.967. The first kappa shape index (κ1) is 23.1. The number of fused-ring (bicyclic) bond motifs is 2. The van der Waals surface area contributed by atoms with E-state index in [2.05, 4.69) is 5.32 Å². The van der Waals surface area contributed by atoms with Crippen LogP contribution >= 0.6 is 11.8 Å². The van der Waals surface area contributed by atoms with E-state index in [-0.39, 0.29) is 24.4 Å². The largest absolute Gasteiger partial charge is 0.486 e. The maximum absolute atomic E-state index is 13.5. The number of hydrogen-bond donors (Lipinski definition) is 1. The van der Waals surface area contributed by atoms with E-state index in [9.17, 15) is 9.59 Å². The van der Waals surface area contributed by atoms with Crippen molar-refractivity contribution < 1.29 is 19.1 Å². The molecule has 6 nitrogen and oxygen atoms in total. The van der Waals surface area contributed by atoms with Crippen LogP contribution in [0.15, 0.2) is 76.5 Å². The van der Waals surface area contributed by atoms with Crippen molar-refractivity contribution in [3.05, 3.63) is 88.3 Å². The Balaban J connectivity index is 1.36. The lowest BCUT2D eigenvalue weighted by atomic mass is 10.1. The molecule has 7 heteroatoms. The molecule has 2 aliphatic rings. The van der Waals surface area contributed by atoms with Crippen molar-refractivity contribution in [3.8, 4) is 11.5 Å². The van der Waals surface area contributed by atoms with E-state index in [1.54, 1.807) is 4.90 Å². The summed E-state index contributed by atoms with van der Waals surface area (Å²) in [6, 6.07) is 21.0. The van der Waals surface area contributed by atoms with Gasteiger partial charge < -0.3 is 14.8 Å². The molecule has 0 aromatic heterocycles. The average molecular weight is 487 g/mol. The number of hydrogen-bond acceptors (Lipinski definition) is 5. The van der Waals surface area contributed by atoms with Crippen LogP contribution in [-0.4, -0.2) is 31.6 Å². The molecule has 3 aromatic rings. The SMILES string of the molecule is Cc1ccccc1/C=C1\Sc2ccccc2N(CC(=O)NC(C)c2ccc3c(c2)OCCO3)C1=O. The van der Waals surface area contributed by atoms with Gasteiger partial charge in [0.25, 0.3) is 5.91 Å². The zero-order valence-electron chi connectivity index (χ0n) is 19.6. The number of rotatable bonds is 5. The Bertz CT molecular complexity index is 1320. The van der Waals surface area contributed by atoms with Gasteiger partial charge in [-0.05, 0) is 60.9 Å². The minimum absolute atomic E-state index is 0.0730. The van der Waals surface area contributed by atoms with Gasteiger partial charge in [0, 0.05) is 4.90 Å². The zero-order chi connectivity index (χ0) is 24.4. The number of nitrogens with one attached hydrogen (secondary N) is 1. The number of aryl methyl sites for hydroxylation is 1. The molecule has 178 valence electrons. The smallest absolute Gasteiger partial charge is 0.265 e. The molecule has 3 aromatic carbocycles. The Hall–Kier alpha value is -3.71. The third-order valence-corrected chi connectivity index (χ3v) is 7.13. The highest BCUT2D eigenvalue weighted by Crippen LogP contribution is 2.42. The Morgan fingerprint density at radius 3 is 2.63 bits per heavy atom. The molecule has 35 heavy (non-hydrogen) atoms. The number of para-hydroxylation sites is 1. The van der Waals surface area contributed by atoms with E-state index in [0.29, 0.717) is 29.6 Å². The number of carbonyl (C=O) groups is 2. The van der Waals surface area contributed by atoms with Gasteiger partial charge in [0.05, 0.1) is 16.6 Å². The third-order valence-electron chi connectivity index (χ3n) is 6.05. The summed E-state index contributed by atoms with van der Waals surface area (Å²) in [6.07, 6.45) is 1.90.